The lowest BCUT2D eigenvalue weighted by atomic mass is 9.92. The number of carbonyl (C=O) groups is 4. The van der Waals surface area contributed by atoms with Gasteiger partial charge in [-0.2, -0.15) is 0 Å². The predicted octanol–water partition coefficient (Wildman–Crippen LogP) is 10.2. The maximum atomic E-state index is 12.8. The van der Waals surface area contributed by atoms with E-state index in [1.807, 2.05) is 67.5 Å². The number of hydrogen-bond donors (Lipinski definition) is 0. The molecule has 0 N–H and O–H groups in total. The van der Waals surface area contributed by atoms with Crippen molar-refractivity contribution in [2.24, 2.45) is 0 Å². The summed E-state index contributed by atoms with van der Waals surface area (Å²) in [5.41, 5.74) is 1.38. The van der Waals surface area contributed by atoms with Crippen LogP contribution in [0.3, 0.4) is 0 Å². The Kier molecular flexibility index (Phi) is 20.5. The second-order valence-corrected chi connectivity index (χ2v) is 28.3. The van der Waals surface area contributed by atoms with Crippen LogP contribution in [0.4, 0.5) is 0 Å². The molecule has 378 valence electrons. The first kappa shape index (κ1) is 58.2. The molecule has 2 fully saturated rings. The molecule has 5 rings (SSSR count). The Morgan fingerprint density at radius 2 is 0.940 bits per heavy atom. The van der Waals surface area contributed by atoms with Gasteiger partial charge in [0.15, 0.2) is 32.3 Å². The molecule has 2 unspecified atom stereocenters. The fourth-order valence-corrected chi connectivity index (χ4v) is 10.3. The number of carbonyl (C=O) groups excluding carboxylic acids is 4. The van der Waals surface area contributed by atoms with Gasteiger partial charge in [-0.1, -0.05) is 89.5 Å². The lowest BCUT2D eigenvalue weighted by Gasteiger charge is -2.28. The summed E-state index contributed by atoms with van der Waals surface area (Å²) in [6.07, 6.45) is 6.57. The molecule has 67 heavy (non-hydrogen) atoms. The molecule has 0 aliphatic carbocycles. The minimum Gasteiger partial charge on any atom is -0.377 e. The van der Waals surface area contributed by atoms with Crippen molar-refractivity contribution < 1.29 is 50.6 Å². The average Bonchev–Trinajstić information content (AvgIpc) is 4.00. The number of nitrogens with zero attached hydrogens (tertiary/aromatic N) is 3. The molecule has 0 amide bonds. The van der Waals surface area contributed by atoms with Crippen LogP contribution >= 0.6 is 23.5 Å². The minimum absolute atomic E-state index is 0.0264. The molecule has 2 aliphatic rings. The number of Topliss-reactive ketones (excluding diaryl/α,β-unsaturated/α-hetero) is 3. The van der Waals surface area contributed by atoms with E-state index in [1.165, 1.54) is 27.2 Å². The highest BCUT2D eigenvalue weighted by atomic mass is 32.2. The molecular formula is C50H79N3O11S3. The zero-order chi connectivity index (χ0) is 50.8. The van der Waals surface area contributed by atoms with E-state index in [0.717, 1.165) is 73.4 Å². The van der Waals surface area contributed by atoms with E-state index in [2.05, 4.69) is 36.2 Å². The largest absolute Gasteiger partial charge is 0.377 e. The third-order valence-corrected chi connectivity index (χ3v) is 16.8. The molecule has 14 nitrogen and oxygen atoms in total. The van der Waals surface area contributed by atoms with Crippen molar-refractivity contribution in [1.82, 2.24) is 15.5 Å². The fourth-order valence-electron chi connectivity index (χ4n) is 6.68. The van der Waals surface area contributed by atoms with E-state index >= 15 is 0 Å². The zero-order valence-corrected chi connectivity index (χ0v) is 45.6. The molecule has 2 aliphatic heterocycles. The highest BCUT2D eigenvalue weighted by molar-refractivity contribution is 8.15. The monoisotopic (exact) mass is 993 g/mol. The van der Waals surface area contributed by atoms with Crippen LogP contribution in [0.15, 0.2) is 31.8 Å². The number of thioether (sulfide) groups is 2. The van der Waals surface area contributed by atoms with Crippen LogP contribution in [-0.2, 0) is 74.0 Å². The summed E-state index contributed by atoms with van der Waals surface area (Å²) in [6.45, 7) is 31.6. The average molecular weight is 994 g/mol. The predicted molar refractivity (Wildman–Crippen MR) is 266 cm³/mol. The molecule has 0 bridgehead atoms. The van der Waals surface area contributed by atoms with Gasteiger partial charge in [0, 0.05) is 60.3 Å². The smallest absolute Gasteiger partial charge is 0.186 e. The van der Waals surface area contributed by atoms with Crippen LogP contribution in [0, 0.1) is 0 Å². The van der Waals surface area contributed by atoms with Crippen molar-refractivity contribution in [3.05, 3.63) is 52.6 Å². The van der Waals surface area contributed by atoms with E-state index in [1.54, 1.807) is 31.7 Å². The van der Waals surface area contributed by atoms with Crippen molar-refractivity contribution in [2.45, 2.75) is 211 Å². The van der Waals surface area contributed by atoms with Crippen molar-refractivity contribution >= 4 is 55.8 Å². The molecule has 0 saturated carbocycles. The first-order chi connectivity index (χ1) is 30.6. The van der Waals surface area contributed by atoms with Gasteiger partial charge in [-0.25, -0.2) is 8.42 Å². The Balaban J connectivity index is 0.000000269. The van der Waals surface area contributed by atoms with Gasteiger partial charge in [-0.05, 0) is 80.1 Å². The Labute approximate surface area is 408 Å². The zero-order valence-electron chi connectivity index (χ0n) is 43.1. The van der Waals surface area contributed by atoms with Crippen LogP contribution in [0.2, 0.25) is 0 Å². The molecular weight excluding hydrogens is 915 g/mol. The summed E-state index contributed by atoms with van der Waals surface area (Å²) in [5.74, 6) is 2.80. The standard InChI is InChI=1S/C18H29NO5S.C18H29NO3S.C14H21NO3S/c1-17(2,3)16-11-13(19-24-16)10-15(20)18(4,5)25(21,22)12-14-8-6-7-9-23-14;1-17(2,3)16-11-13(19-22-16)10-15(20)18(4,5)23-12-14-8-6-7-9-21-14;1-9(16)19-14(5,6)11(17)7-10-8-12(18-15-10)13(2,3)4/h11,14H,6-10,12H2,1-5H3;11,14H,6-10,12H2,1-5H3;8H,7H2,1-6H3. The molecule has 3 aromatic rings. The summed E-state index contributed by atoms with van der Waals surface area (Å²) in [7, 11) is -3.63. The van der Waals surface area contributed by atoms with Crippen molar-refractivity contribution in [3.8, 4) is 0 Å². The Bertz CT molecular complexity index is 2200. The maximum absolute atomic E-state index is 12.8. The van der Waals surface area contributed by atoms with Crippen LogP contribution in [-0.4, -0.2) is 97.5 Å². The Morgan fingerprint density at radius 1 is 0.567 bits per heavy atom. The van der Waals surface area contributed by atoms with Gasteiger partial charge in [0.2, 0.25) is 0 Å². The van der Waals surface area contributed by atoms with E-state index in [4.69, 9.17) is 23.0 Å². The molecule has 17 heteroatoms. The van der Waals surface area contributed by atoms with Crippen molar-refractivity contribution in [2.75, 3.05) is 24.7 Å². The highest BCUT2D eigenvalue weighted by Gasteiger charge is 2.43. The maximum Gasteiger partial charge on any atom is 0.186 e. The fraction of sp³-hybridized carbons (Fsp3) is 0.740. The Hall–Kier alpha value is -3.12. The number of rotatable bonds is 16. The molecule has 0 radical (unpaired) electrons. The van der Waals surface area contributed by atoms with Gasteiger partial charge in [0.25, 0.3) is 0 Å². The van der Waals surface area contributed by atoms with Gasteiger partial charge >= 0.3 is 0 Å². The van der Waals surface area contributed by atoms with Crippen LogP contribution in [0.1, 0.15) is 184 Å². The first-order valence-corrected chi connectivity index (χ1v) is 26.9. The summed E-state index contributed by atoms with van der Waals surface area (Å²) < 4.78 is 50.1. The van der Waals surface area contributed by atoms with E-state index in [-0.39, 0.29) is 63.4 Å². The minimum atomic E-state index is -3.63. The van der Waals surface area contributed by atoms with Gasteiger partial charge in [-0.15, -0.1) is 11.8 Å². The summed E-state index contributed by atoms with van der Waals surface area (Å²) >= 11 is 2.74. The third kappa shape index (κ3) is 18.3. The second kappa shape index (κ2) is 23.7. The third-order valence-electron chi connectivity index (χ3n) is 11.7. The second-order valence-electron chi connectivity index (χ2n) is 22.3. The number of sulfone groups is 1. The topological polar surface area (TPSA) is 199 Å². The number of aromatic nitrogens is 3. The summed E-state index contributed by atoms with van der Waals surface area (Å²) in [4.78, 5) is 48.6. The molecule has 2 saturated heterocycles. The molecule has 5 heterocycles. The Morgan fingerprint density at radius 3 is 1.28 bits per heavy atom. The van der Waals surface area contributed by atoms with Gasteiger partial charge in [-0.3, -0.25) is 19.2 Å². The molecule has 0 spiro atoms. The van der Waals surface area contributed by atoms with E-state index in [9.17, 15) is 27.6 Å². The number of ketones is 3. The summed E-state index contributed by atoms with van der Waals surface area (Å²) in [5, 5.41) is 11.8. The van der Waals surface area contributed by atoms with Crippen LogP contribution < -0.4 is 0 Å². The molecule has 2 atom stereocenters. The van der Waals surface area contributed by atoms with Gasteiger partial charge in [0.05, 0.1) is 63.8 Å². The SMILES string of the molecule is CC(=O)SC(C)(C)C(=O)Cc1cc(C(C)(C)C)on1.CC(C)(C)c1cc(CC(=O)C(C)(C)S(=O)(=O)CC2CCCCO2)no1.CC(C)(SCC1CCCCO1)C(=O)Cc1cc(C(C)(C)C)on1. The van der Waals surface area contributed by atoms with Crippen molar-refractivity contribution in [3.63, 3.8) is 0 Å². The first-order valence-electron chi connectivity index (χ1n) is 23.4. The quantitative estimate of drug-likeness (QED) is 0.131. The van der Waals surface area contributed by atoms with E-state index < -0.39 is 24.1 Å². The lowest BCUT2D eigenvalue weighted by Crippen LogP contribution is -2.46. The summed E-state index contributed by atoms with van der Waals surface area (Å²) in [6, 6.07) is 5.44. The van der Waals surface area contributed by atoms with Gasteiger partial charge in [0.1, 0.15) is 22.0 Å². The molecule has 3 aromatic heterocycles. The normalized spacial score (nSPS) is 17.7. The van der Waals surface area contributed by atoms with E-state index in [0.29, 0.717) is 36.3 Å². The number of ether oxygens (including phenoxy) is 2. The van der Waals surface area contributed by atoms with Gasteiger partial charge < -0.3 is 23.0 Å². The van der Waals surface area contributed by atoms with Crippen LogP contribution in [0.25, 0.3) is 0 Å². The lowest BCUT2D eigenvalue weighted by molar-refractivity contribution is -0.121. The molecule has 0 aromatic carbocycles. The van der Waals surface area contributed by atoms with Crippen molar-refractivity contribution in [1.29, 1.82) is 0 Å². The highest BCUT2D eigenvalue weighted by Crippen LogP contribution is 2.32. The number of hydrogen-bond acceptors (Lipinski definition) is 16. The van der Waals surface area contributed by atoms with Crippen LogP contribution in [0.5, 0.6) is 0 Å².